The Bertz CT molecular complexity index is 367. The van der Waals surface area contributed by atoms with Crippen LogP contribution in [-0.4, -0.2) is 45.8 Å². The molecule has 19 heavy (non-hydrogen) atoms. The first-order chi connectivity index (χ1) is 9.17. The number of rotatable bonds is 9. The lowest BCUT2D eigenvalue weighted by atomic mass is 10.2. The average molecular weight is 266 g/mol. The summed E-state index contributed by atoms with van der Waals surface area (Å²) >= 11 is 0. The zero-order valence-electron chi connectivity index (χ0n) is 12.5. The van der Waals surface area contributed by atoms with Crippen molar-refractivity contribution in [1.29, 1.82) is 0 Å². The van der Waals surface area contributed by atoms with E-state index in [1.807, 2.05) is 19.1 Å². The van der Waals surface area contributed by atoms with Crippen LogP contribution in [0.2, 0.25) is 0 Å². The number of methoxy groups -OCH3 is 1. The molecule has 0 heterocycles. The van der Waals surface area contributed by atoms with E-state index in [1.165, 1.54) is 5.56 Å². The van der Waals surface area contributed by atoms with Crippen LogP contribution >= 0.6 is 0 Å². The van der Waals surface area contributed by atoms with Crippen molar-refractivity contribution in [3.63, 3.8) is 0 Å². The van der Waals surface area contributed by atoms with Gasteiger partial charge in [0.15, 0.2) is 11.5 Å². The largest absolute Gasteiger partial charge is 0.493 e. The minimum absolute atomic E-state index is 0.649. The van der Waals surface area contributed by atoms with Crippen molar-refractivity contribution in [3.8, 4) is 11.5 Å². The molecule has 0 radical (unpaired) electrons. The molecule has 0 atom stereocenters. The minimum Gasteiger partial charge on any atom is -0.493 e. The molecule has 4 nitrogen and oxygen atoms in total. The summed E-state index contributed by atoms with van der Waals surface area (Å²) in [6.45, 7) is 5.62. The van der Waals surface area contributed by atoms with Crippen LogP contribution in [0.15, 0.2) is 18.2 Å². The molecule has 0 aliphatic heterocycles. The smallest absolute Gasteiger partial charge is 0.161 e. The van der Waals surface area contributed by atoms with Crippen LogP contribution in [0.4, 0.5) is 0 Å². The number of hydrogen-bond acceptors (Lipinski definition) is 4. The van der Waals surface area contributed by atoms with E-state index < -0.39 is 0 Å². The maximum Gasteiger partial charge on any atom is 0.161 e. The van der Waals surface area contributed by atoms with Crippen LogP contribution in [0.5, 0.6) is 11.5 Å². The van der Waals surface area contributed by atoms with Crippen molar-refractivity contribution in [1.82, 2.24) is 10.2 Å². The van der Waals surface area contributed by atoms with E-state index in [2.05, 4.69) is 30.4 Å². The van der Waals surface area contributed by atoms with Gasteiger partial charge in [-0.25, -0.2) is 0 Å². The summed E-state index contributed by atoms with van der Waals surface area (Å²) in [6, 6.07) is 6.07. The second-order valence-electron chi connectivity index (χ2n) is 4.75. The predicted molar refractivity (Wildman–Crippen MR) is 79.0 cm³/mol. The molecule has 108 valence electrons. The number of benzene rings is 1. The maximum absolute atomic E-state index is 5.57. The van der Waals surface area contributed by atoms with Crippen molar-refractivity contribution >= 4 is 0 Å². The van der Waals surface area contributed by atoms with Crippen LogP contribution in [0.3, 0.4) is 0 Å². The lowest BCUT2D eigenvalue weighted by molar-refractivity contribution is 0.310. The Morgan fingerprint density at radius 3 is 2.63 bits per heavy atom. The van der Waals surface area contributed by atoms with Crippen LogP contribution < -0.4 is 14.8 Å². The van der Waals surface area contributed by atoms with Gasteiger partial charge in [-0.1, -0.05) is 6.07 Å². The third-order valence-corrected chi connectivity index (χ3v) is 2.82. The summed E-state index contributed by atoms with van der Waals surface area (Å²) in [5.41, 5.74) is 1.22. The Hall–Kier alpha value is -1.26. The minimum atomic E-state index is 0.649. The zero-order valence-corrected chi connectivity index (χ0v) is 12.5. The van der Waals surface area contributed by atoms with Gasteiger partial charge in [0.1, 0.15) is 0 Å². The monoisotopic (exact) mass is 266 g/mol. The van der Waals surface area contributed by atoms with Crippen molar-refractivity contribution in [2.24, 2.45) is 0 Å². The first-order valence-corrected chi connectivity index (χ1v) is 6.82. The molecule has 0 fully saturated rings. The highest BCUT2D eigenvalue weighted by molar-refractivity contribution is 5.42. The van der Waals surface area contributed by atoms with Crippen molar-refractivity contribution in [2.75, 3.05) is 40.9 Å². The van der Waals surface area contributed by atoms with Gasteiger partial charge in [0.25, 0.3) is 0 Å². The quantitative estimate of drug-likeness (QED) is 0.694. The van der Waals surface area contributed by atoms with Crippen molar-refractivity contribution < 1.29 is 9.47 Å². The van der Waals surface area contributed by atoms with Crippen LogP contribution in [-0.2, 0) is 6.54 Å². The molecule has 1 aromatic carbocycles. The van der Waals surface area contributed by atoms with E-state index in [4.69, 9.17) is 9.47 Å². The Kier molecular flexibility index (Phi) is 7.30. The van der Waals surface area contributed by atoms with Crippen molar-refractivity contribution in [2.45, 2.75) is 19.9 Å². The highest BCUT2D eigenvalue weighted by atomic mass is 16.5. The van der Waals surface area contributed by atoms with Gasteiger partial charge in [-0.3, -0.25) is 0 Å². The van der Waals surface area contributed by atoms with Gasteiger partial charge in [0.05, 0.1) is 13.7 Å². The molecule has 0 amide bonds. The Balaban J connectivity index is 2.43. The first kappa shape index (κ1) is 15.8. The standard InChI is InChI=1S/C15H26N2O2/c1-5-19-15-11-13(7-8-14(15)18-4)12-16-9-6-10-17(2)3/h7-8,11,16H,5-6,9-10,12H2,1-4H3. The highest BCUT2D eigenvalue weighted by Gasteiger charge is 2.04. The summed E-state index contributed by atoms with van der Waals surface area (Å²) in [4.78, 5) is 2.20. The third kappa shape index (κ3) is 5.94. The van der Waals surface area contributed by atoms with Crippen LogP contribution in [0.1, 0.15) is 18.9 Å². The second-order valence-corrected chi connectivity index (χ2v) is 4.75. The molecule has 0 bridgehead atoms. The summed E-state index contributed by atoms with van der Waals surface area (Å²) in [6.07, 6.45) is 1.15. The van der Waals surface area contributed by atoms with E-state index in [-0.39, 0.29) is 0 Å². The Morgan fingerprint density at radius 2 is 2.00 bits per heavy atom. The molecule has 1 aromatic rings. The molecule has 4 heteroatoms. The molecule has 0 saturated carbocycles. The second kappa shape index (κ2) is 8.77. The fourth-order valence-electron chi connectivity index (χ4n) is 1.85. The molecule has 1 rings (SSSR count). The molecule has 0 aromatic heterocycles. The van der Waals surface area contributed by atoms with Gasteiger partial charge in [-0.2, -0.15) is 0 Å². The molecule has 1 N–H and O–H groups in total. The molecular formula is C15H26N2O2. The Labute approximate surface area is 116 Å². The summed E-state index contributed by atoms with van der Waals surface area (Å²) in [7, 11) is 5.85. The molecule has 0 aliphatic carbocycles. The number of nitrogens with zero attached hydrogens (tertiary/aromatic N) is 1. The summed E-state index contributed by atoms with van der Waals surface area (Å²) in [5, 5.41) is 3.44. The Morgan fingerprint density at radius 1 is 1.21 bits per heavy atom. The molecule has 0 aliphatic rings. The first-order valence-electron chi connectivity index (χ1n) is 6.82. The van der Waals surface area contributed by atoms with Gasteiger partial charge >= 0.3 is 0 Å². The molecule has 0 saturated heterocycles. The topological polar surface area (TPSA) is 33.7 Å². The molecule has 0 unspecified atom stereocenters. The molecular weight excluding hydrogens is 240 g/mol. The number of ether oxygens (including phenoxy) is 2. The normalized spacial score (nSPS) is 10.8. The lowest BCUT2D eigenvalue weighted by Crippen LogP contribution is -2.21. The average Bonchev–Trinajstić information content (AvgIpc) is 2.39. The van der Waals surface area contributed by atoms with Gasteiger partial charge in [-0.15, -0.1) is 0 Å². The zero-order chi connectivity index (χ0) is 14.1. The van der Waals surface area contributed by atoms with Gasteiger partial charge in [-0.05, 0) is 58.2 Å². The highest BCUT2D eigenvalue weighted by Crippen LogP contribution is 2.27. The lowest BCUT2D eigenvalue weighted by Gasteiger charge is -2.12. The van der Waals surface area contributed by atoms with E-state index in [1.54, 1.807) is 7.11 Å². The van der Waals surface area contributed by atoms with Crippen LogP contribution in [0, 0.1) is 0 Å². The van der Waals surface area contributed by atoms with E-state index in [0.717, 1.165) is 37.6 Å². The number of nitrogens with one attached hydrogen (secondary N) is 1. The van der Waals surface area contributed by atoms with Gasteiger partial charge in [0.2, 0.25) is 0 Å². The van der Waals surface area contributed by atoms with E-state index in [0.29, 0.717) is 6.61 Å². The SMILES string of the molecule is CCOc1cc(CNCCCN(C)C)ccc1OC. The number of hydrogen-bond donors (Lipinski definition) is 1. The molecule has 0 spiro atoms. The van der Waals surface area contributed by atoms with E-state index in [9.17, 15) is 0 Å². The third-order valence-electron chi connectivity index (χ3n) is 2.82. The fourth-order valence-corrected chi connectivity index (χ4v) is 1.85. The maximum atomic E-state index is 5.57. The van der Waals surface area contributed by atoms with Crippen molar-refractivity contribution in [3.05, 3.63) is 23.8 Å². The predicted octanol–water partition coefficient (Wildman–Crippen LogP) is 2.14. The van der Waals surface area contributed by atoms with Crippen LogP contribution in [0.25, 0.3) is 0 Å². The van der Waals surface area contributed by atoms with E-state index >= 15 is 0 Å². The summed E-state index contributed by atoms with van der Waals surface area (Å²) < 4.78 is 10.8. The van der Waals surface area contributed by atoms with Gasteiger partial charge in [0, 0.05) is 6.54 Å². The fraction of sp³-hybridized carbons (Fsp3) is 0.600. The summed E-state index contributed by atoms with van der Waals surface area (Å²) in [5.74, 6) is 1.61. The van der Waals surface area contributed by atoms with Gasteiger partial charge < -0.3 is 19.7 Å².